The van der Waals surface area contributed by atoms with Gasteiger partial charge in [-0.05, 0) is 18.2 Å². The Morgan fingerprint density at radius 3 is 2.94 bits per heavy atom. The molecule has 1 aromatic rings. The molecule has 2 N–H and O–H groups in total. The summed E-state index contributed by atoms with van der Waals surface area (Å²) in [6.07, 6.45) is 3.96. The number of hydrogen-bond acceptors (Lipinski definition) is 3. The van der Waals surface area contributed by atoms with Gasteiger partial charge < -0.3 is 15.5 Å². The number of carbonyl (C=O) groups is 1. The van der Waals surface area contributed by atoms with Crippen LogP contribution in [-0.2, 0) is 0 Å². The quantitative estimate of drug-likeness (QED) is 0.706. The van der Waals surface area contributed by atoms with E-state index in [2.05, 4.69) is 15.5 Å². The van der Waals surface area contributed by atoms with E-state index in [-0.39, 0.29) is 5.91 Å². The SMILES string of the molecule is CN1CC=CC2=C1Nc1ccccc1C(=O)N2. The van der Waals surface area contributed by atoms with Crippen molar-refractivity contribution in [1.82, 2.24) is 10.2 Å². The third kappa shape index (κ3) is 1.58. The number of amides is 1. The molecule has 0 unspecified atom stereocenters. The molecule has 17 heavy (non-hydrogen) atoms. The molecule has 0 bridgehead atoms. The van der Waals surface area contributed by atoms with Crippen LogP contribution in [0.3, 0.4) is 0 Å². The first kappa shape index (κ1) is 9.96. The molecule has 0 radical (unpaired) electrons. The maximum absolute atomic E-state index is 12.0. The van der Waals surface area contributed by atoms with Gasteiger partial charge in [0.25, 0.3) is 5.91 Å². The summed E-state index contributed by atoms with van der Waals surface area (Å²) in [5.41, 5.74) is 2.33. The number of fused-ring (bicyclic) bond motifs is 1. The predicted molar refractivity (Wildman–Crippen MR) is 66.3 cm³/mol. The lowest BCUT2D eigenvalue weighted by atomic mass is 10.1. The van der Waals surface area contributed by atoms with E-state index in [1.54, 1.807) is 0 Å². The highest BCUT2D eigenvalue weighted by molar-refractivity contribution is 6.02. The van der Waals surface area contributed by atoms with Gasteiger partial charge in [0.1, 0.15) is 5.82 Å². The summed E-state index contributed by atoms with van der Waals surface area (Å²) < 4.78 is 0. The van der Waals surface area contributed by atoms with Crippen molar-refractivity contribution < 1.29 is 4.79 Å². The predicted octanol–water partition coefficient (Wildman–Crippen LogP) is 1.51. The number of allylic oxidation sites excluding steroid dienone is 1. The van der Waals surface area contributed by atoms with E-state index in [1.165, 1.54) is 0 Å². The molecule has 0 spiro atoms. The third-order valence-electron chi connectivity index (χ3n) is 2.97. The Labute approximate surface area is 99.6 Å². The molecule has 0 aliphatic carbocycles. The summed E-state index contributed by atoms with van der Waals surface area (Å²) in [4.78, 5) is 14.1. The third-order valence-corrected chi connectivity index (χ3v) is 2.97. The monoisotopic (exact) mass is 227 g/mol. The van der Waals surface area contributed by atoms with E-state index in [0.717, 1.165) is 23.8 Å². The maximum Gasteiger partial charge on any atom is 0.257 e. The Bertz CT molecular complexity index is 545. The number of benzene rings is 1. The molecule has 0 saturated heterocycles. The van der Waals surface area contributed by atoms with Gasteiger partial charge in [0.2, 0.25) is 0 Å². The molecule has 2 aliphatic rings. The Balaban J connectivity index is 2.11. The molecule has 2 heterocycles. The average Bonchev–Trinajstić information content (AvgIpc) is 2.47. The second kappa shape index (κ2) is 3.66. The van der Waals surface area contributed by atoms with Crippen molar-refractivity contribution in [2.24, 2.45) is 0 Å². The zero-order valence-electron chi connectivity index (χ0n) is 9.53. The molecular formula is C13H13N3O. The summed E-state index contributed by atoms with van der Waals surface area (Å²) in [6.45, 7) is 0.837. The lowest BCUT2D eigenvalue weighted by molar-refractivity contribution is 0.0968. The van der Waals surface area contributed by atoms with Crippen LogP contribution in [0.15, 0.2) is 47.9 Å². The first-order valence-corrected chi connectivity index (χ1v) is 5.55. The van der Waals surface area contributed by atoms with Crippen molar-refractivity contribution in [1.29, 1.82) is 0 Å². The van der Waals surface area contributed by atoms with E-state index >= 15 is 0 Å². The summed E-state index contributed by atoms with van der Waals surface area (Å²) in [5.74, 6) is 0.865. The molecule has 0 saturated carbocycles. The van der Waals surface area contributed by atoms with Crippen LogP contribution in [0.25, 0.3) is 0 Å². The standard InChI is InChI=1S/C13H13N3O/c1-16-8-4-7-11-12(16)14-10-6-3-2-5-9(10)13(17)15-11/h2-7,14H,8H2,1H3,(H,15,17). The number of rotatable bonds is 0. The van der Waals surface area contributed by atoms with Crippen molar-refractivity contribution in [3.05, 3.63) is 53.5 Å². The highest BCUT2D eigenvalue weighted by Gasteiger charge is 2.22. The van der Waals surface area contributed by atoms with Gasteiger partial charge in [-0.1, -0.05) is 18.2 Å². The Morgan fingerprint density at radius 1 is 1.24 bits per heavy atom. The minimum Gasteiger partial charge on any atom is -0.356 e. The maximum atomic E-state index is 12.0. The van der Waals surface area contributed by atoms with E-state index in [4.69, 9.17) is 0 Å². The fourth-order valence-corrected chi connectivity index (χ4v) is 2.08. The zero-order chi connectivity index (χ0) is 11.8. The van der Waals surface area contributed by atoms with E-state index in [9.17, 15) is 4.79 Å². The summed E-state index contributed by atoms with van der Waals surface area (Å²) in [6, 6.07) is 7.52. The van der Waals surface area contributed by atoms with Gasteiger partial charge in [0, 0.05) is 13.6 Å². The zero-order valence-corrected chi connectivity index (χ0v) is 9.53. The van der Waals surface area contributed by atoms with Crippen LogP contribution in [0, 0.1) is 0 Å². The second-order valence-corrected chi connectivity index (χ2v) is 4.17. The molecule has 1 amide bonds. The molecule has 0 atom stereocenters. The molecule has 0 fully saturated rings. The van der Waals surface area contributed by atoms with Crippen LogP contribution < -0.4 is 10.6 Å². The molecule has 1 aromatic carbocycles. The molecule has 3 rings (SSSR count). The van der Waals surface area contributed by atoms with E-state index in [1.807, 2.05) is 43.5 Å². The van der Waals surface area contributed by atoms with Gasteiger partial charge in [-0.3, -0.25) is 4.79 Å². The van der Waals surface area contributed by atoms with Gasteiger partial charge in [-0.15, -0.1) is 0 Å². The summed E-state index contributed by atoms with van der Waals surface area (Å²) in [5, 5.41) is 6.23. The number of nitrogens with zero attached hydrogens (tertiary/aromatic N) is 1. The number of nitrogens with one attached hydrogen (secondary N) is 2. The average molecular weight is 227 g/mol. The Hall–Kier alpha value is -2.23. The van der Waals surface area contributed by atoms with Crippen molar-refractivity contribution in [2.45, 2.75) is 0 Å². The van der Waals surface area contributed by atoms with Gasteiger partial charge in [0.15, 0.2) is 0 Å². The molecule has 4 nitrogen and oxygen atoms in total. The highest BCUT2D eigenvalue weighted by Crippen LogP contribution is 2.24. The molecule has 4 heteroatoms. The van der Waals surface area contributed by atoms with E-state index in [0.29, 0.717) is 5.56 Å². The lowest BCUT2D eigenvalue weighted by Gasteiger charge is -2.26. The normalized spacial score (nSPS) is 17.9. The first-order chi connectivity index (χ1) is 8.25. The van der Waals surface area contributed by atoms with Crippen LogP contribution in [0.5, 0.6) is 0 Å². The molecular weight excluding hydrogens is 214 g/mol. The van der Waals surface area contributed by atoms with Crippen molar-refractivity contribution in [3.8, 4) is 0 Å². The highest BCUT2D eigenvalue weighted by atomic mass is 16.1. The lowest BCUT2D eigenvalue weighted by Crippen LogP contribution is -2.30. The number of anilines is 1. The molecule has 86 valence electrons. The number of likely N-dealkylation sites (N-methyl/N-ethyl adjacent to an activating group) is 1. The van der Waals surface area contributed by atoms with Crippen LogP contribution >= 0.6 is 0 Å². The topological polar surface area (TPSA) is 44.4 Å². The van der Waals surface area contributed by atoms with Crippen molar-refractivity contribution in [2.75, 3.05) is 18.9 Å². The summed E-state index contributed by atoms with van der Waals surface area (Å²) >= 11 is 0. The fourth-order valence-electron chi connectivity index (χ4n) is 2.08. The Morgan fingerprint density at radius 2 is 2.06 bits per heavy atom. The van der Waals surface area contributed by atoms with Gasteiger partial charge in [-0.25, -0.2) is 0 Å². The number of hydrogen-bond donors (Lipinski definition) is 2. The van der Waals surface area contributed by atoms with Gasteiger partial charge in [-0.2, -0.15) is 0 Å². The van der Waals surface area contributed by atoms with Crippen LogP contribution in [0.4, 0.5) is 5.69 Å². The van der Waals surface area contributed by atoms with Crippen molar-refractivity contribution >= 4 is 11.6 Å². The second-order valence-electron chi connectivity index (χ2n) is 4.17. The smallest absolute Gasteiger partial charge is 0.257 e. The minimum atomic E-state index is -0.0712. The van der Waals surface area contributed by atoms with Crippen LogP contribution in [0.2, 0.25) is 0 Å². The fraction of sp³-hybridized carbons (Fsp3) is 0.154. The summed E-state index contributed by atoms with van der Waals surface area (Å²) in [7, 11) is 1.99. The van der Waals surface area contributed by atoms with E-state index < -0.39 is 0 Å². The van der Waals surface area contributed by atoms with Crippen LogP contribution in [-0.4, -0.2) is 24.4 Å². The minimum absolute atomic E-state index is 0.0712. The largest absolute Gasteiger partial charge is 0.356 e. The molecule has 2 aliphatic heterocycles. The first-order valence-electron chi connectivity index (χ1n) is 5.55. The van der Waals surface area contributed by atoms with Crippen LogP contribution in [0.1, 0.15) is 10.4 Å². The van der Waals surface area contributed by atoms with Crippen molar-refractivity contribution in [3.63, 3.8) is 0 Å². The number of carbonyl (C=O) groups excluding carboxylic acids is 1. The van der Waals surface area contributed by atoms with Gasteiger partial charge in [0.05, 0.1) is 16.9 Å². The number of para-hydroxylation sites is 1. The Kier molecular flexibility index (Phi) is 2.14. The van der Waals surface area contributed by atoms with Gasteiger partial charge >= 0.3 is 0 Å². The molecule has 0 aromatic heterocycles.